The Morgan fingerprint density at radius 1 is 1.89 bits per heavy atom. The largest absolute Gasteiger partial charge is 0.282 e. The lowest BCUT2D eigenvalue weighted by Gasteiger charge is -2.03. The fourth-order valence-corrected chi connectivity index (χ4v) is 0.685. The van der Waals surface area contributed by atoms with Crippen molar-refractivity contribution in [2.45, 2.75) is 0 Å². The number of hydrazone groups is 1. The minimum absolute atomic E-state index is 0.00231. The molecule has 0 aliphatic carbocycles. The van der Waals surface area contributed by atoms with E-state index in [1.54, 1.807) is 0 Å². The van der Waals surface area contributed by atoms with Gasteiger partial charge in [0.05, 0.1) is 6.21 Å². The Hall–Kier alpha value is -0.840. The van der Waals surface area contributed by atoms with E-state index in [9.17, 15) is 3.89 Å². The van der Waals surface area contributed by atoms with E-state index in [0.717, 1.165) is 4.41 Å². The smallest absolute Gasteiger partial charge is 0.189 e. The second kappa shape index (κ2) is 2.18. The molecule has 1 aliphatic rings. The average Bonchev–Trinajstić information content (AvgIpc) is 2.15. The summed E-state index contributed by atoms with van der Waals surface area (Å²) in [6.07, 6.45) is 1.34. The first-order chi connectivity index (χ1) is 4.25. The van der Waals surface area contributed by atoms with Crippen molar-refractivity contribution in [2.24, 2.45) is 5.10 Å². The number of amidine groups is 1. The van der Waals surface area contributed by atoms with Crippen LogP contribution in [0.25, 0.3) is 0 Å². The van der Waals surface area contributed by atoms with Crippen LogP contribution in [0.15, 0.2) is 17.3 Å². The predicted octanol–water partition coefficient (Wildman–Crippen LogP) is 1.35. The molecule has 1 rings (SSSR count). The van der Waals surface area contributed by atoms with Gasteiger partial charge in [-0.15, -0.1) is 3.89 Å². The second-order valence-electron chi connectivity index (χ2n) is 1.46. The molecule has 0 aromatic heterocycles. The molecular weight excluding hydrogens is 141 g/mol. The second-order valence-corrected chi connectivity index (χ2v) is 1.94. The third-order valence-corrected chi connectivity index (χ3v) is 1.29. The number of rotatable bonds is 1. The van der Waals surface area contributed by atoms with Gasteiger partial charge in [-0.25, -0.2) is 0 Å². The number of nitrogens with zero attached hydrogens (tertiary/aromatic N) is 2. The Labute approximate surface area is 56.2 Å². The lowest BCUT2D eigenvalue weighted by Crippen LogP contribution is -2.10. The van der Waals surface area contributed by atoms with Gasteiger partial charge >= 0.3 is 0 Å². The molecule has 0 fully saturated rings. The van der Waals surface area contributed by atoms with Crippen molar-refractivity contribution in [1.29, 1.82) is 5.41 Å². The zero-order valence-electron chi connectivity index (χ0n) is 4.47. The van der Waals surface area contributed by atoms with Crippen molar-refractivity contribution in [3.8, 4) is 0 Å². The highest BCUT2D eigenvalue weighted by molar-refractivity contribution is 7.92. The van der Waals surface area contributed by atoms with E-state index in [1.807, 2.05) is 0 Å². The number of hydrogen-bond acceptors (Lipinski definition) is 3. The highest BCUT2D eigenvalue weighted by Crippen LogP contribution is 2.18. The third-order valence-electron chi connectivity index (χ3n) is 0.879. The zero-order valence-corrected chi connectivity index (χ0v) is 5.28. The van der Waals surface area contributed by atoms with E-state index in [2.05, 4.69) is 11.7 Å². The van der Waals surface area contributed by atoms with E-state index >= 15 is 0 Å². The average molecular weight is 145 g/mol. The van der Waals surface area contributed by atoms with Gasteiger partial charge in [0.15, 0.2) is 18.2 Å². The molecule has 48 valence electrons. The van der Waals surface area contributed by atoms with E-state index in [0.29, 0.717) is 5.57 Å². The van der Waals surface area contributed by atoms with E-state index < -0.39 is 0 Å². The summed E-state index contributed by atoms with van der Waals surface area (Å²) in [7, 11) is 0. The Kier molecular flexibility index (Phi) is 1.52. The maximum Gasteiger partial charge on any atom is 0.189 e. The summed E-state index contributed by atoms with van der Waals surface area (Å²) in [5.41, 5.74) is 0.431. The van der Waals surface area contributed by atoms with Crippen LogP contribution >= 0.6 is 12.3 Å². The van der Waals surface area contributed by atoms with Crippen LogP contribution in [0.5, 0.6) is 0 Å². The summed E-state index contributed by atoms with van der Waals surface area (Å²) >= 11 is -0.106. The van der Waals surface area contributed by atoms with Crippen molar-refractivity contribution >= 4 is 24.4 Å². The molecule has 1 aliphatic heterocycles. The molecule has 0 radical (unpaired) electrons. The lowest BCUT2D eigenvalue weighted by atomic mass is 10.3. The van der Waals surface area contributed by atoms with Crippen molar-refractivity contribution < 1.29 is 3.89 Å². The standard InChI is InChI=1S/C4H4FN3S/c1-3-2-7-8(9-5)4(3)6/h2,6H,1H2. The Balaban J connectivity index is 2.73. The predicted molar refractivity (Wildman–Crippen MR) is 35.9 cm³/mol. The molecule has 0 aromatic rings. The Morgan fingerprint density at radius 3 is 2.78 bits per heavy atom. The maximum absolute atomic E-state index is 11.7. The van der Waals surface area contributed by atoms with Crippen molar-refractivity contribution in [3.63, 3.8) is 0 Å². The molecule has 9 heavy (non-hydrogen) atoms. The van der Waals surface area contributed by atoms with Gasteiger partial charge in [0.25, 0.3) is 0 Å². The molecular formula is C4H4FN3S. The van der Waals surface area contributed by atoms with Crippen LogP contribution in [0.3, 0.4) is 0 Å². The third kappa shape index (κ3) is 0.951. The maximum atomic E-state index is 11.7. The SMILES string of the molecule is C=C1C=NN(SF)C1=N. The van der Waals surface area contributed by atoms with Crippen LogP contribution in [0, 0.1) is 5.41 Å². The number of halogens is 1. The molecule has 0 saturated heterocycles. The summed E-state index contributed by atoms with van der Waals surface area (Å²) in [5.74, 6) is 0.00231. The molecule has 0 atom stereocenters. The minimum Gasteiger partial charge on any atom is -0.282 e. The summed E-state index contributed by atoms with van der Waals surface area (Å²) in [5, 5.41) is 10.5. The number of hydrogen-bond donors (Lipinski definition) is 1. The number of nitrogens with one attached hydrogen (secondary N) is 1. The quantitative estimate of drug-likeness (QED) is 0.566. The van der Waals surface area contributed by atoms with E-state index in [4.69, 9.17) is 5.41 Å². The van der Waals surface area contributed by atoms with Crippen molar-refractivity contribution in [3.05, 3.63) is 12.2 Å². The Bertz CT molecular complexity index is 188. The molecule has 0 saturated carbocycles. The normalized spacial score (nSPS) is 17.7. The molecule has 1 N–H and O–H groups in total. The molecule has 0 spiro atoms. The van der Waals surface area contributed by atoms with Crippen LogP contribution in [0.2, 0.25) is 0 Å². The monoisotopic (exact) mass is 145 g/mol. The van der Waals surface area contributed by atoms with Crippen LogP contribution < -0.4 is 0 Å². The molecule has 0 bridgehead atoms. The van der Waals surface area contributed by atoms with Crippen molar-refractivity contribution in [1.82, 2.24) is 4.41 Å². The van der Waals surface area contributed by atoms with Crippen LogP contribution in [0.1, 0.15) is 0 Å². The zero-order chi connectivity index (χ0) is 6.85. The van der Waals surface area contributed by atoms with Crippen LogP contribution in [-0.4, -0.2) is 16.5 Å². The summed E-state index contributed by atoms with van der Waals surface area (Å²) in [4.78, 5) is 0. The van der Waals surface area contributed by atoms with Gasteiger partial charge < -0.3 is 0 Å². The van der Waals surface area contributed by atoms with Gasteiger partial charge in [0, 0.05) is 5.57 Å². The van der Waals surface area contributed by atoms with E-state index in [1.165, 1.54) is 6.21 Å². The first-order valence-corrected chi connectivity index (χ1v) is 2.83. The molecule has 3 nitrogen and oxygen atoms in total. The fourth-order valence-electron chi connectivity index (χ4n) is 0.416. The van der Waals surface area contributed by atoms with Crippen molar-refractivity contribution in [2.75, 3.05) is 0 Å². The van der Waals surface area contributed by atoms with Gasteiger partial charge in [-0.2, -0.15) is 9.52 Å². The van der Waals surface area contributed by atoms with Gasteiger partial charge in [-0.05, 0) is 0 Å². The summed E-state index contributed by atoms with van der Waals surface area (Å²) in [6.45, 7) is 3.44. The highest BCUT2D eigenvalue weighted by atomic mass is 32.2. The van der Waals surface area contributed by atoms with Gasteiger partial charge in [0.1, 0.15) is 0 Å². The van der Waals surface area contributed by atoms with Crippen LogP contribution in [-0.2, 0) is 0 Å². The van der Waals surface area contributed by atoms with E-state index in [-0.39, 0.29) is 18.2 Å². The Morgan fingerprint density at radius 2 is 2.56 bits per heavy atom. The lowest BCUT2D eigenvalue weighted by molar-refractivity contribution is 0.712. The molecule has 0 aromatic carbocycles. The minimum atomic E-state index is -0.106. The molecule has 1 heterocycles. The summed E-state index contributed by atoms with van der Waals surface area (Å²) < 4.78 is 12.5. The molecule has 5 heteroatoms. The van der Waals surface area contributed by atoms with Crippen LogP contribution in [0.4, 0.5) is 3.89 Å². The van der Waals surface area contributed by atoms with Gasteiger partial charge in [0.2, 0.25) is 0 Å². The van der Waals surface area contributed by atoms with Gasteiger partial charge in [-0.3, -0.25) is 5.41 Å². The molecule has 0 unspecified atom stereocenters. The van der Waals surface area contributed by atoms with Gasteiger partial charge in [-0.1, -0.05) is 6.58 Å². The highest BCUT2D eigenvalue weighted by Gasteiger charge is 2.17. The first kappa shape index (κ1) is 6.28. The topological polar surface area (TPSA) is 39.5 Å². The first-order valence-electron chi connectivity index (χ1n) is 2.16. The summed E-state index contributed by atoms with van der Waals surface area (Å²) in [6, 6.07) is 0. The molecule has 0 amide bonds. The fraction of sp³-hybridized carbons (Fsp3) is 0.